The van der Waals surface area contributed by atoms with Crippen LogP contribution in [0.25, 0.3) is 0 Å². The van der Waals surface area contributed by atoms with Crippen molar-refractivity contribution < 1.29 is 32.8 Å². The quantitative estimate of drug-likeness (QED) is 0.0269. The molecule has 0 spiro atoms. The molecule has 0 heterocycles. The number of phosphoric ester groups is 1. The van der Waals surface area contributed by atoms with Crippen molar-refractivity contribution in [1.29, 1.82) is 0 Å². The zero-order valence-corrected chi connectivity index (χ0v) is 38.8. The van der Waals surface area contributed by atoms with Crippen LogP contribution in [0, 0.1) is 0 Å². The van der Waals surface area contributed by atoms with Gasteiger partial charge in [0.25, 0.3) is 0 Å². The first kappa shape index (κ1) is 57.2. The van der Waals surface area contributed by atoms with E-state index in [0.29, 0.717) is 6.61 Å². The first-order valence-corrected chi connectivity index (χ1v) is 24.9. The Morgan fingerprint density at radius 3 is 1.32 bits per heavy atom. The van der Waals surface area contributed by atoms with Crippen LogP contribution in [0.1, 0.15) is 168 Å². The van der Waals surface area contributed by atoms with Crippen LogP contribution in [0.3, 0.4) is 0 Å². The third kappa shape index (κ3) is 46.2. The fourth-order valence-corrected chi connectivity index (χ4v) is 6.60. The number of hydrogen-bond acceptors (Lipinski definition) is 7. The van der Waals surface area contributed by atoms with Crippen molar-refractivity contribution in [3.63, 3.8) is 0 Å². The molecule has 9 heteroatoms. The highest BCUT2D eigenvalue weighted by molar-refractivity contribution is 7.47. The standard InChI is InChI=1S/C51H86NO7P/c1-3-5-7-9-11-13-15-17-19-21-22-23-24-25-26-27-29-31-33-35-37-39-41-43-46-56-48-50(49-58-60(54,55)57-47-45-52)59-51(53)44-42-40-38-36-34-32-30-28-20-18-16-14-12-10-8-6-4-2/h5-8,11-14,17-20,22-23,25-26,30,32,50H,3-4,9-10,15-16,21,24,27-29,31,33-49,52H2,1-2H3,(H,54,55)/b7-5-,8-6-,13-11-,14-12-,19-17-,20-18-,23-22-,26-25-,32-30-. The van der Waals surface area contributed by atoms with Gasteiger partial charge in [0, 0.05) is 19.6 Å². The lowest BCUT2D eigenvalue weighted by Crippen LogP contribution is -2.28. The molecule has 0 aromatic heterocycles. The summed E-state index contributed by atoms with van der Waals surface area (Å²) in [6.07, 6.45) is 64.0. The van der Waals surface area contributed by atoms with Gasteiger partial charge in [-0.1, -0.05) is 175 Å². The molecule has 2 atom stereocenters. The van der Waals surface area contributed by atoms with Gasteiger partial charge in [-0.25, -0.2) is 4.57 Å². The van der Waals surface area contributed by atoms with Gasteiger partial charge in [-0.15, -0.1) is 0 Å². The Morgan fingerprint density at radius 1 is 0.500 bits per heavy atom. The molecule has 0 saturated heterocycles. The van der Waals surface area contributed by atoms with Crippen LogP contribution in [0.2, 0.25) is 0 Å². The zero-order chi connectivity index (χ0) is 43.7. The molecule has 0 aliphatic rings. The average Bonchev–Trinajstić information content (AvgIpc) is 3.24. The van der Waals surface area contributed by atoms with Crippen LogP contribution in [0.4, 0.5) is 0 Å². The Kier molecular flexibility index (Phi) is 45.0. The summed E-state index contributed by atoms with van der Waals surface area (Å²) in [7, 11) is -4.30. The first-order valence-electron chi connectivity index (χ1n) is 23.4. The van der Waals surface area contributed by atoms with Gasteiger partial charge in [-0.3, -0.25) is 13.8 Å². The van der Waals surface area contributed by atoms with Gasteiger partial charge in [0.05, 0.1) is 19.8 Å². The van der Waals surface area contributed by atoms with E-state index in [2.05, 4.69) is 123 Å². The smallest absolute Gasteiger partial charge is 0.457 e. The summed E-state index contributed by atoms with van der Waals surface area (Å²) < 4.78 is 33.5. The molecule has 0 bridgehead atoms. The van der Waals surface area contributed by atoms with Gasteiger partial charge in [-0.05, 0) is 96.3 Å². The molecule has 342 valence electrons. The van der Waals surface area contributed by atoms with E-state index in [0.717, 1.165) is 116 Å². The molecule has 3 N–H and O–H groups in total. The summed E-state index contributed by atoms with van der Waals surface area (Å²) in [4.78, 5) is 22.5. The fourth-order valence-electron chi connectivity index (χ4n) is 5.84. The van der Waals surface area contributed by atoms with E-state index in [1.165, 1.54) is 32.1 Å². The van der Waals surface area contributed by atoms with E-state index in [9.17, 15) is 14.3 Å². The number of nitrogens with two attached hydrogens (primary N) is 1. The third-order valence-electron chi connectivity index (χ3n) is 9.19. The third-order valence-corrected chi connectivity index (χ3v) is 10.2. The number of ether oxygens (including phenoxy) is 2. The summed E-state index contributed by atoms with van der Waals surface area (Å²) in [6.45, 7) is 4.61. The van der Waals surface area contributed by atoms with Crippen molar-refractivity contribution >= 4 is 13.8 Å². The van der Waals surface area contributed by atoms with Gasteiger partial charge in [-0.2, -0.15) is 0 Å². The Hall–Kier alpha value is -2.84. The fraction of sp³-hybridized carbons (Fsp3) is 0.627. The van der Waals surface area contributed by atoms with Gasteiger partial charge < -0.3 is 20.1 Å². The Balaban J connectivity index is 4.07. The van der Waals surface area contributed by atoms with E-state index in [4.69, 9.17) is 24.3 Å². The Morgan fingerprint density at radius 2 is 0.883 bits per heavy atom. The highest BCUT2D eigenvalue weighted by Crippen LogP contribution is 2.43. The normalized spacial score (nSPS) is 14.4. The second-order valence-corrected chi connectivity index (χ2v) is 16.3. The number of allylic oxidation sites excluding steroid dienone is 18. The van der Waals surface area contributed by atoms with Gasteiger partial charge in [0.15, 0.2) is 0 Å². The van der Waals surface area contributed by atoms with Gasteiger partial charge in [0.1, 0.15) is 6.10 Å². The van der Waals surface area contributed by atoms with Crippen molar-refractivity contribution in [2.24, 2.45) is 5.73 Å². The van der Waals surface area contributed by atoms with Crippen molar-refractivity contribution in [2.75, 3.05) is 33.0 Å². The molecule has 0 rings (SSSR count). The van der Waals surface area contributed by atoms with Crippen LogP contribution in [-0.2, 0) is 27.9 Å². The lowest BCUT2D eigenvalue weighted by atomic mass is 10.1. The van der Waals surface area contributed by atoms with E-state index in [-0.39, 0.29) is 38.8 Å². The first-order chi connectivity index (χ1) is 29.4. The van der Waals surface area contributed by atoms with Crippen LogP contribution >= 0.6 is 7.82 Å². The maximum atomic E-state index is 12.6. The largest absolute Gasteiger partial charge is 0.472 e. The molecule has 0 aliphatic heterocycles. The minimum absolute atomic E-state index is 0.0880. The number of unbranched alkanes of at least 4 members (excludes halogenated alkanes) is 12. The van der Waals surface area contributed by atoms with Crippen LogP contribution in [0.5, 0.6) is 0 Å². The zero-order valence-electron chi connectivity index (χ0n) is 37.9. The molecule has 0 amide bonds. The number of carbonyl (C=O) groups is 1. The summed E-state index contributed by atoms with van der Waals surface area (Å²) in [6, 6.07) is 0. The van der Waals surface area contributed by atoms with Crippen LogP contribution < -0.4 is 5.73 Å². The molecule has 0 saturated carbocycles. The number of phosphoric acid groups is 1. The summed E-state index contributed by atoms with van der Waals surface area (Å²) in [5.41, 5.74) is 5.38. The molecular formula is C51H86NO7P. The molecule has 0 radical (unpaired) electrons. The van der Waals surface area contributed by atoms with Gasteiger partial charge >= 0.3 is 13.8 Å². The van der Waals surface area contributed by atoms with Crippen LogP contribution in [-0.4, -0.2) is 49.9 Å². The summed E-state index contributed by atoms with van der Waals surface area (Å²) >= 11 is 0. The number of esters is 1. The van der Waals surface area contributed by atoms with Crippen molar-refractivity contribution in [1.82, 2.24) is 0 Å². The number of hydrogen-bond donors (Lipinski definition) is 2. The summed E-state index contributed by atoms with van der Waals surface area (Å²) in [5, 5.41) is 0. The second-order valence-electron chi connectivity index (χ2n) is 14.9. The minimum atomic E-state index is -4.30. The predicted octanol–water partition coefficient (Wildman–Crippen LogP) is 14.4. The van der Waals surface area contributed by atoms with Crippen molar-refractivity contribution in [3.8, 4) is 0 Å². The topological polar surface area (TPSA) is 117 Å². The van der Waals surface area contributed by atoms with Crippen molar-refractivity contribution in [2.45, 2.75) is 174 Å². The number of rotatable bonds is 43. The Labute approximate surface area is 367 Å². The SMILES string of the molecule is CC/C=C\C/C=C\C/C=C\C/C=C\C/C=C\CCCCCCCCCCOCC(COP(=O)(O)OCCN)OC(=O)CCCCCC/C=C\C/C=C\C/C=C\C/C=C\CC. The molecule has 0 aliphatic carbocycles. The lowest BCUT2D eigenvalue weighted by molar-refractivity contribution is -0.154. The predicted molar refractivity (Wildman–Crippen MR) is 256 cm³/mol. The molecule has 0 fully saturated rings. The average molecular weight is 856 g/mol. The molecule has 0 aromatic rings. The molecule has 2 unspecified atom stereocenters. The molecule has 8 nitrogen and oxygen atoms in total. The summed E-state index contributed by atoms with van der Waals surface area (Å²) in [5.74, 6) is -0.361. The minimum Gasteiger partial charge on any atom is -0.457 e. The highest BCUT2D eigenvalue weighted by atomic mass is 31.2. The Bertz CT molecular complexity index is 1280. The van der Waals surface area contributed by atoms with E-state index in [1.54, 1.807) is 0 Å². The van der Waals surface area contributed by atoms with E-state index in [1.807, 2.05) is 0 Å². The molecule has 60 heavy (non-hydrogen) atoms. The highest BCUT2D eigenvalue weighted by Gasteiger charge is 2.25. The van der Waals surface area contributed by atoms with Crippen LogP contribution in [0.15, 0.2) is 109 Å². The monoisotopic (exact) mass is 856 g/mol. The second kappa shape index (κ2) is 47.2. The number of carbonyl (C=O) groups excluding carboxylic acids is 1. The van der Waals surface area contributed by atoms with Crippen molar-refractivity contribution in [3.05, 3.63) is 109 Å². The lowest BCUT2D eigenvalue weighted by Gasteiger charge is -2.20. The maximum Gasteiger partial charge on any atom is 0.472 e. The molecular weight excluding hydrogens is 770 g/mol. The maximum absolute atomic E-state index is 12.6. The van der Waals surface area contributed by atoms with E-state index < -0.39 is 13.9 Å². The van der Waals surface area contributed by atoms with E-state index >= 15 is 0 Å². The molecule has 0 aromatic carbocycles. The van der Waals surface area contributed by atoms with Gasteiger partial charge in [0.2, 0.25) is 0 Å².